The lowest BCUT2D eigenvalue weighted by Gasteiger charge is -2.60. The molecule has 7 atom stereocenters. The number of fused-ring (bicyclic) bond motifs is 5. The molecule has 1 aliphatic heterocycles. The number of rotatable bonds is 4. The number of nitrogens with zero attached hydrogens (tertiary/aromatic N) is 1. The Labute approximate surface area is 183 Å². The summed E-state index contributed by atoms with van der Waals surface area (Å²) < 4.78 is 0. The molecule has 1 N–H and O–H groups in total. The quantitative estimate of drug-likeness (QED) is 0.708. The first-order chi connectivity index (χ1) is 14.0. The summed E-state index contributed by atoms with van der Waals surface area (Å²) in [5.41, 5.74) is 0.0836. The summed E-state index contributed by atoms with van der Waals surface area (Å²) in [7, 11) is 1.98. The third kappa shape index (κ3) is 3.24. The van der Waals surface area contributed by atoms with Crippen LogP contribution in [0.1, 0.15) is 86.0 Å². The molecule has 0 aromatic carbocycles. The Morgan fingerprint density at radius 3 is 2.60 bits per heavy atom. The second kappa shape index (κ2) is 7.38. The van der Waals surface area contributed by atoms with Crippen LogP contribution >= 0.6 is 0 Å². The van der Waals surface area contributed by atoms with Gasteiger partial charge in [-0.25, -0.2) is 0 Å². The van der Waals surface area contributed by atoms with Crippen molar-refractivity contribution in [1.82, 2.24) is 10.2 Å². The second-order valence-corrected chi connectivity index (χ2v) is 11.9. The normalized spacial score (nSPS) is 43.1. The first-order valence-electron chi connectivity index (χ1n) is 12.3. The summed E-state index contributed by atoms with van der Waals surface area (Å²) in [6, 6.07) is 0.330. The van der Waals surface area contributed by atoms with Gasteiger partial charge >= 0.3 is 0 Å². The molecule has 4 heteroatoms. The minimum Gasteiger partial charge on any atom is -0.351 e. The molecule has 0 spiro atoms. The summed E-state index contributed by atoms with van der Waals surface area (Å²) in [5, 5.41) is 3.40. The molecule has 3 fully saturated rings. The van der Waals surface area contributed by atoms with E-state index in [0.29, 0.717) is 29.7 Å². The topological polar surface area (TPSA) is 49.4 Å². The summed E-state index contributed by atoms with van der Waals surface area (Å²) in [6.07, 6.45) is 13.0. The van der Waals surface area contributed by atoms with E-state index in [4.69, 9.17) is 0 Å². The predicted molar refractivity (Wildman–Crippen MR) is 121 cm³/mol. The summed E-state index contributed by atoms with van der Waals surface area (Å²) in [6.45, 7) is 11.3. The maximum Gasteiger partial charge on any atom is 0.246 e. The molecule has 0 bridgehead atoms. The number of likely N-dealkylation sites (N-methyl/N-ethyl adjacent to an activating group) is 1. The monoisotopic (exact) mass is 414 g/mol. The van der Waals surface area contributed by atoms with Crippen molar-refractivity contribution in [3.8, 4) is 0 Å². The zero-order valence-corrected chi connectivity index (χ0v) is 20.0. The first kappa shape index (κ1) is 21.9. The smallest absolute Gasteiger partial charge is 0.246 e. The third-order valence-corrected chi connectivity index (χ3v) is 9.78. The Morgan fingerprint density at radius 2 is 1.90 bits per heavy atom. The number of carbonyl (C=O) groups is 2. The Bertz CT molecular complexity index is 743. The van der Waals surface area contributed by atoms with Crippen molar-refractivity contribution in [2.45, 2.75) is 97.6 Å². The van der Waals surface area contributed by atoms with E-state index < -0.39 is 0 Å². The van der Waals surface area contributed by atoms with E-state index in [9.17, 15) is 9.59 Å². The zero-order valence-electron chi connectivity index (χ0n) is 20.0. The highest BCUT2D eigenvalue weighted by molar-refractivity contribution is 5.89. The predicted octanol–water partition coefficient (Wildman–Crippen LogP) is 4.94. The maximum atomic E-state index is 13.4. The molecule has 0 saturated heterocycles. The third-order valence-electron chi connectivity index (χ3n) is 9.78. The van der Waals surface area contributed by atoms with Gasteiger partial charge in [0.15, 0.2) is 0 Å². The molecule has 4 nitrogen and oxygen atoms in total. The van der Waals surface area contributed by atoms with Crippen molar-refractivity contribution in [1.29, 1.82) is 0 Å². The van der Waals surface area contributed by atoms with Crippen molar-refractivity contribution < 1.29 is 9.59 Å². The average Bonchev–Trinajstić information content (AvgIpc) is 3.02. The van der Waals surface area contributed by atoms with Gasteiger partial charge in [0.2, 0.25) is 11.8 Å². The van der Waals surface area contributed by atoms with Crippen molar-refractivity contribution in [2.75, 3.05) is 7.05 Å². The molecule has 0 unspecified atom stereocenters. The van der Waals surface area contributed by atoms with Gasteiger partial charge in [-0.2, -0.15) is 0 Å². The second-order valence-electron chi connectivity index (χ2n) is 11.9. The number of carbonyl (C=O) groups excluding carboxylic acids is 2. The van der Waals surface area contributed by atoms with E-state index in [1.54, 1.807) is 0 Å². The first-order valence-corrected chi connectivity index (χ1v) is 12.3. The minimum atomic E-state index is -0.118. The van der Waals surface area contributed by atoms with Crippen LogP contribution < -0.4 is 5.32 Å². The largest absolute Gasteiger partial charge is 0.351 e. The number of hydrogen-bond acceptors (Lipinski definition) is 2. The molecule has 0 aromatic rings. The molecule has 0 radical (unpaired) electrons. The van der Waals surface area contributed by atoms with Crippen LogP contribution in [0.2, 0.25) is 0 Å². The van der Waals surface area contributed by atoms with Crippen LogP contribution in [0.5, 0.6) is 0 Å². The molecule has 4 aliphatic rings. The molecule has 3 aliphatic carbocycles. The lowest BCUT2D eigenvalue weighted by molar-refractivity contribution is -0.143. The Kier molecular flexibility index (Phi) is 5.38. The van der Waals surface area contributed by atoms with Gasteiger partial charge in [0.05, 0.1) is 0 Å². The fraction of sp³-hybridized carbons (Fsp3) is 0.846. The Hall–Kier alpha value is -1.32. The van der Waals surface area contributed by atoms with Gasteiger partial charge in [-0.15, -0.1) is 0 Å². The van der Waals surface area contributed by atoms with Crippen molar-refractivity contribution in [2.24, 2.45) is 34.5 Å². The van der Waals surface area contributed by atoms with Crippen molar-refractivity contribution >= 4 is 11.8 Å². The highest BCUT2D eigenvalue weighted by atomic mass is 16.2. The van der Waals surface area contributed by atoms with Crippen LogP contribution in [0.15, 0.2) is 12.2 Å². The number of hydrogen-bond donors (Lipinski definition) is 1. The molecule has 168 valence electrons. The fourth-order valence-corrected chi connectivity index (χ4v) is 8.28. The van der Waals surface area contributed by atoms with E-state index in [0.717, 1.165) is 32.1 Å². The van der Waals surface area contributed by atoms with Gasteiger partial charge in [-0.05, 0) is 88.0 Å². The number of amides is 2. The minimum absolute atomic E-state index is 0.0797. The summed E-state index contributed by atoms with van der Waals surface area (Å²) >= 11 is 0. The van der Waals surface area contributed by atoms with Gasteiger partial charge in [-0.3, -0.25) is 9.59 Å². The molecule has 4 rings (SSSR count). The summed E-state index contributed by atoms with van der Waals surface area (Å²) in [5.74, 6) is 2.53. The van der Waals surface area contributed by atoms with Crippen LogP contribution in [0.4, 0.5) is 0 Å². The Balaban J connectivity index is 1.55. The van der Waals surface area contributed by atoms with Crippen LogP contribution in [0.25, 0.3) is 0 Å². The molecule has 30 heavy (non-hydrogen) atoms. The van der Waals surface area contributed by atoms with Gasteiger partial charge in [0, 0.05) is 30.0 Å². The van der Waals surface area contributed by atoms with E-state index in [-0.39, 0.29) is 28.2 Å². The molecular formula is C26H42N2O2. The maximum absolute atomic E-state index is 13.4. The fourth-order valence-electron chi connectivity index (χ4n) is 8.28. The van der Waals surface area contributed by atoms with E-state index >= 15 is 0 Å². The molecular weight excluding hydrogens is 372 g/mol. The van der Waals surface area contributed by atoms with Gasteiger partial charge < -0.3 is 10.2 Å². The van der Waals surface area contributed by atoms with Crippen LogP contribution in [-0.2, 0) is 9.59 Å². The van der Waals surface area contributed by atoms with Crippen LogP contribution in [-0.4, -0.2) is 35.3 Å². The Morgan fingerprint density at radius 1 is 1.17 bits per heavy atom. The van der Waals surface area contributed by atoms with Crippen LogP contribution in [0.3, 0.4) is 0 Å². The SMILES string of the molecule is CCCC(C)(C)NC(=O)[C@H]1CC[C@H]2[C@@H]3CC[C@H]4N(C)C(=O)C=C[C@]4(C)[C@H]3CC[C@]12C. The van der Waals surface area contributed by atoms with E-state index in [1.807, 2.05) is 18.0 Å². The lowest BCUT2D eigenvalue weighted by Crippen LogP contribution is -2.60. The molecule has 2 amide bonds. The molecule has 3 saturated carbocycles. The molecule has 1 heterocycles. The van der Waals surface area contributed by atoms with Gasteiger partial charge in [0.1, 0.15) is 0 Å². The van der Waals surface area contributed by atoms with E-state index in [1.165, 1.54) is 19.3 Å². The van der Waals surface area contributed by atoms with Gasteiger partial charge in [0.25, 0.3) is 0 Å². The molecule has 0 aromatic heterocycles. The average molecular weight is 415 g/mol. The number of nitrogens with one attached hydrogen (secondary N) is 1. The summed E-state index contributed by atoms with van der Waals surface area (Å²) in [4.78, 5) is 27.6. The lowest BCUT2D eigenvalue weighted by atomic mass is 9.47. The standard InChI is InChI=1S/C26H42N2O2/c1-7-14-24(2,3)27-23(30)20-10-9-18-17-8-11-21-26(5,16-13-22(29)28(21)6)19(17)12-15-25(18,20)4/h13,16-21H,7-12,14-15H2,1-6H3,(H,27,30)/t17-,18-,19-,20+,21+,25-,26+/m0/s1. The zero-order chi connectivity index (χ0) is 21.9. The van der Waals surface area contributed by atoms with Crippen LogP contribution in [0, 0.1) is 34.5 Å². The van der Waals surface area contributed by atoms with Crippen molar-refractivity contribution in [3.05, 3.63) is 12.2 Å². The van der Waals surface area contributed by atoms with Gasteiger partial charge in [-0.1, -0.05) is 33.3 Å². The highest BCUT2D eigenvalue weighted by Gasteiger charge is 2.61. The van der Waals surface area contributed by atoms with E-state index in [2.05, 4.69) is 46.0 Å². The highest BCUT2D eigenvalue weighted by Crippen LogP contribution is 2.65. The van der Waals surface area contributed by atoms with Crippen molar-refractivity contribution in [3.63, 3.8) is 0 Å².